The predicted octanol–water partition coefficient (Wildman–Crippen LogP) is 3.85. The summed E-state index contributed by atoms with van der Waals surface area (Å²) in [4.78, 5) is 10.7. The van der Waals surface area contributed by atoms with Gasteiger partial charge in [-0.15, -0.1) is 23.4 Å². The van der Waals surface area contributed by atoms with Crippen molar-refractivity contribution in [2.75, 3.05) is 13.0 Å². The smallest absolute Gasteiger partial charge is 0.286 e. The lowest BCUT2D eigenvalue weighted by Crippen LogP contribution is -2.00. The van der Waals surface area contributed by atoms with Crippen LogP contribution in [0.1, 0.15) is 13.3 Å². The fraction of sp³-hybridized carbons (Fsp3) is 0.455. The van der Waals surface area contributed by atoms with Gasteiger partial charge in [0.2, 0.25) is 0 Å². The van der Waals surface area contributed by atoms with Crippen LogP contribution in [0.3, 0.4) is 0 Å². The van der Waals surface area contributed by atoms with Crippen LogP contribution < -0.4 is 4.74 Å². The maximum atomic E-state index is 13.4. The van der Waals surface area contributed by atoms with Gasteiger partial charge in [0.15, 0.2) is 11.6 Å². The van der Waals surface area contributed by atoms with E-state index in [1.54, 1.807) is 0 Å². The molecule has 0 heterocycles. The van der Waals surface area contributed by atoms with Crippen LogP contribution in [0.2, 0.25) is 0 Å². The molecule has 7 heteroatoms. The van der Waals surface area contributed by atoms with Crippen LogP contribution in [0.4, 0.5) is 10.1 Å². The zero-order valence-electron chi connectivity index (χ0n) is 9.98. The fourth-order valence-electron chi connectivity index (χ4n) is 1.35. The van der Waals surface area contributed by atoms with Gasteiger partial charge in [-0.2, -0.15) is 0 Å². The average Bonchev–Trinajstić information content (AvgIpc) is 2.30. The third-order valence-electron chi connectivity index (χ3n) is 2.27. The highest BCUT2D eigenvalue weighted by molar-refractivity contribution is 8.00. The largest absolute Gasteiger partial charge is 0.494 e. The van der Waals surface area contributed by atoms with Crippen molar-refractivity contribution in [3.8, 4) is 5.75 Å². The zero-order valence-corrected chi connectivity index (χ0v) is 11.6. The molecule has 0 spiro atoms. The van der Waals surface area contributed by atoms with E-state index in [1.165, 1.54) is 24.9 Å². The fourth-order valence-corrected chi connectivity index (χ4v) is 2.90. The number of thioether (sulfide) groups is 1. The predicted molar refractivity (Wildman–Crippen MR) is 70.3 cm³/mol. The van der Waals surface area contributed by atoms with E-state index in [0.29, 0.717) is 17.2 Å². The summed E-state index contributed by atoms with van der Waals surface area (Å²) in [5, 5.41) is 11.0. The lowest BCUT2D eigenvalue weighted by atomic mass is 10.3. The topological polar surface area (TPSA) is 52.4 Å². The van der Waals surface area contributed by atoms with Gasteiger partial charge in [0.05, 0.1) is 23.0 Å². The van der Waals surface area contributed by atoms with Gasteiger partial charge < -0.3 is 4.74 Å². The van der Waals surface area contributed by atoms with Gasteiger partial charge in [-0.25, -0.2) is 4.39 Å². The van der Waals surface area contributed by atoms with Crippen LogP contribution in [0, 0.1) is 15.9 Å². The minimum absolute atomic E-state index is 0.00109. The molecule has 1 rings (SSSR count). The zero-order chi connectivity index (χ0) is 13.7. The Bertz CT molecular complexity index is 445. The lowest BCUT2D eigenvalue weighted by molar-refractivity contribution is -0.387. The van der Waals surface area contributed by atoms with Crippen molar-refractivity contribution in [1.82, 2.24) is 0 Å². The third-order valence-corrected chi connectivity index (χ3v) is 3.71. The molecule has 0 aliphatic carbocycles. The Morgan fingerprint density at radius 3 is 2.78 bits per heavy atom. The number of hydrogen-bond donors (Lipinski definition) is 0. The average molecular weight is 294 g/mol. The van der Waals surface area contributed by atoms with Gasteiger partial charge in [0, 0.05) is 17.2 Å². The molecule has 1 atom stereocenters. The number of nitro benzene ring substituents is 1. The number of alkyl halides is 1. The summed E-state index contributed by atoms with van der Waals surface area (Å²) >= 11 is 6.91. The molecule has 4 nitrogen and oxygen atoms in total. The van der Waals surface area contributed by atoms with Crippen molar-refractivity contribution in [2.45, 2.75) is 23.5 Å². The van der Waals surface area contributed by atoms with Gasteiger partial charge in [0.25, 0.3) is 5.69 Å². The maximum Gasteiger partial charge on any atom is 0.286 e. The van der Waals surface area contributed by atoms with Gasteiger partial charge in [-0.1, -0.05) is 6.92 Å². The van der Waals surface area contributed by atoms with Crippen molar-refractivity contribution >= 4 is 29.1 Å². The van der Waals surface area contributed by atoms with Crippen molar-refractivity contribution in [3.63, 3.8) is 0 Å². The second-order valence-corrected chi connectivity index (χ2v) is 5.48. The molecule has 0 saturated carbocycles. The molecule has 0 amide bonds. The molecule has 1 unspecified atom stereocenters. The van der Waals surface area contributed by atoms with Crippen LogP contribution in [-0.4, -0.2) is 23.2 Å². The molecule has 0 radical (unpaired) electrons. The normalized spacial score (nSPS) is 12.2. The van der Waals surface area contributed by atoms with E-state index in [-0.39, 0.29) is 16.7 Å². The van der Waals surface area contributed by atoms with E-state index in [1.807, 2.05) is 6.92 Å². The molecular formula is C11H13ClFNO3S. The Morgan fingerprint density at radius 1 is 1.61 bits per heavy atom. The molecule has 100 valence electrons. The van der Waals surface area contributed by atoms with Crippen molar-refractivity contribution in [1.29, 1.82) is 0 Å². The number of nitro groups is 1. The SMILES string of the molecule is COc1cc(SC(C)CCCl)c([N+](=O)[O-])cc1F. The Hall–Kier alpha value is -1.01. The maximum absolute atomic E-state index is 13.4. The molecule has 0 fully saturated rings. The first-order valence-corrected chi connectivity index (χ1v) is 6.65. The number of rotatable bonds is 6. The van der Waals surface area contributed by atoms with Gasteiger partial charge in [-0.05, 0) is 6.42 Å². The molecule has 0 saturated heterocycles. The van der Waals surface area contributed by atoms with E-state index in [0.717, 1.165) is 6.07 Å². The number of benzene rings is 1. The monoisotopic (exact) mass is 293 g/mol. The molecule has 0 N–H and O–H groups in total. The first-order valence-electron chi connectivity index (χ1n) is 5.24. The first kappa shape index (κ1) is 15.0. The van der Waals surface area contributed by atoms with Crippen LogP contribution in [0.5, 0.6) is 5.75 Å². The highest BCUT2D eigenvalue weighted by Crippen LogP contribution is 2.37. The minimum Gasteiger partial charge on any atom is -0.494 e. The molecule has 1 aromatic carbocycles. The third kappa shape index (κ3) is 3.74. The summed E-state index contributed by atoms with van der Waals surface area (Å²) in [6, 6.07) is 2.23. The van der Waals surface area contributed by atoms with Crippen LogP contribution >= 0.6 is 23.4 Å². The molecule has 18 heavy (non-hydrogen) atoms. The molecule has 1 aromatic rings. The Labute approximate surface area is 114 Å². The van der Waals surface area contributed by atoms with Crippen molar-refractivity contribution < 1.29 is 14.1 Å². The molecule has 0 aliphatic rings. The quantitative estimate of drug-likeness (QED) is 0.346. The van der Waals surface area contributed by atoms with Crippen LogP contribution in [0.15, 0.2) is 17.0 Å². The van der Waals surface area contributed by atoms with Crippen molar-refractivity contribution in [3.05, 3.63) is 28.1 Å². The summed E-state index contributed by atoms with van der Waals surface area (Å²) in [5.41, 5.74) is -0.250. The van der Waals surface area contributed by atoms with Gasteiger partial charge in [-0.3, -0.25) is 10.1 Å². The molecule has 0 aromatic heterocycles. The van der Waals surface area contributed by atoms with E-state index in [9.17, 15) is 14.5 Å². The second-order valence-electron chi connectivity index (χ2n) is 3.62. The molecular weight excluding hydrogens is 281 g/mol. The Morgan fingerprint density at radius 2 is 2.28 bits per heavy atom. The summed E-state index contributed by atoms with van der Waals surface area (Å²) in [6.45, 7) is 1.91. The molecule has 0 aliphatic heterocycles. The standard InChI is InChI=1S/C11H13ClFNO3S/c1-7(3-4-12)18-11-6-10(17-2)8(13)5-9(11)14(15)16/h5-7H,3-4H2,1-2H3. The number of nitrogens with zero attached hydrogens (tertiary/aromatic N) is 1. The van der Waals surface area contributed by atoms with Crippen LogP contribution in [-0.2, 0) is 0 Å². The minimum atomic E-state index is -0.737. The van der Waals surface area contributed by atoms with E-state index in [2.05, 4.69) is 0 Å². The summed E-state index contributed by atoms with van der Waals surface area (Å²) in [7, 11) is 1.32. The summed E-state index contributed by atoms with van der Waals surface area (Å²) < 4.78 is 18.2. The molecule has 0 bridgehead atoms. The second kappa shape index (κ2) is 6.80. The van der Waals surface area contributed by atoms with E-state index in [4.69, 9.17) is 16.3 Å². The number of methoxy groups -OCH3 is 1. The Kier molecular flexibility index (Phi) is 5.68. The van der Waals surface area contributed by atoms with Gasteiger partial charge >= 0.3 is 0 Å². The highest BCUT2D eigenvalue weighted by Gasteiger charge is 2.21. The van der Waals surface area contributed by atoms with E-state index >= 15 is 0 Å². The van der Waals surface area contributed by atoms with Crippen LogP contribution in [0.25, 0.3) is 0 Å². The summed E-state index contributed by atoms with van der Waals surface area (Å²) in [6.07, 6.45) is 0.711. The first-order chi connectivity index (χ1) is 8.49. The van der Waals surface area contributed by atoms with Crippen molar-refractivity contribution in [2.24, 2.45) is 0 Å². The number of ether oxygens (including phenoxy) is 1. The summed E-state index contributed by atoms with van der Waals surface area (Å²) in [5.74, 6) is -0.264. The van der Waals surface area contributed by atoms with Gasteiger partial charge in [0.1, 0.15) is 0 Å². The Balaban J connectivity index is 3.10. The highest BCUT2D eigenvalue weighted by atomic mass is 35.5. The van der Waals surface area contributed by atoms with E-state index < -0.39 is 10.7 Å². The lowest BCUT2D eigenvalue weighted by Gasteiger charge is -2.11. The number of halogens is 2. The number of hydrogen-bond acceptors (Lipinski definition) is 4.